The zero-order valence-electron chi connectivity index (χ0n) is 16.4. The van der Waals surface area contributed by atoms with E-state index < -0.39 is 0 Å². The molecule has 0 aliphatic rings. The normalized spacial score (nSPS) is 11.2. The highest BCUT2D eigenvalue weighted by Gasteiger charge is 2.16. The second-order valence-corrected chi connectivity index (χ2v) is 7.21. The van der Waals surface area contributed by atoms with Crippen LogP contribution in [-0.4, -0.2) is 16.8 Å². The van der Waals surface area contributed by atoms with Gasteiger partial charge in [0.1, 0.15) is 11.6 Å². The van der Waals surface area contributed by atoms with Crippen LogP contribution >= 0.6 is 0 Å². The lowest BCUT2D eigenvalue weighted by molar-refractivity contribution is 0.0991. The van der Waals surface area contributed by atoms with Crippen molar-refractivity contribution in [2.24, 2.45) is 0 Å². The van der Waals surface area contributed by atoms with Crippen LogP contribution in [0.3, 0.4) is 0 Å². The highest BCUT2D eigenvalue weighted by atomic mass is 19.1. The lowest BCUT2D eigenvalue weighted by atomic mass is 10.2. The summed E-state index contributed by atoms with van der Waals surface area (Å²) in [4.78, 5) is 14.6. The molecule has 0 atom stereocenters. The van der Waals surface area contributed by atoms with Crippen LogP contribution in [0.2, 0.25) is 0 Å². The second-order valence-electron chi connectivity index (χ2n) is 7.21. The van der Waals surface area contributed by atoms with E-state index in [1.54, 1.807) is 12.1 Å². The third-order valence-electron chi connectivity index (χ3n) is 4.56. The van der Waals surface area contributed by atoms with Gasteiger partial charge in [-0.1, -0.05) is 29.8 Å². The van der Waals surface area contributed by atoms with Gasteiger partial charge >= 0.3 is 0 Å². The summed E-state index contributed by atoms with van der Waals surface area (Å²) in [5, 5.41) is 2.83. The van der Waals surface area contributed by atoms with Crippen molar-refractivity contribution in [1.82, 2.24) is 4.90 Å². The van der Waals surface area contributed by atoms with Crippen LogP contribution in [0.1, 0.15) is 41.3 Å². The smallest absolute Gasteiger partial charge is 0.291 e. The number of rotatable bonds is 7. The molecule has 28 heavy (non-hydrogen) atoms. The molecule has 0 radical (unpaired) electrons. The summed E-state index contributed by atoms with van der Waals surface area (Å²) in [5.41, 5.74) is 2.76. The zero-order chi connectivity index (χ0) is 20.1. The molecule has 3 aromatic rings. The van der Waals surface area contributed by atoms with Gasteiger partial charge in [0.15, 0.2) is 5.76 Å². The molecule has 3 rings (SSSR count). The zero-order valence-corrected chi connectivity index (χ0v) is 16.4. The van der Waals surface area contributed by atoms with E-state index in [2.05, 4.69) is 24.1 Å². The lowest BCUT2D eigenvalue weighted by Gasteiger charge is -2.25. The Bertz CT molecular complexity index is 932. The van der Waals surface area contributed by atoms with E-state index in [0.717, 1.165) is 16.8 Å². The van der Waals surface area contributed by atoms with Gasteiger partial charge < -0.3 is 9.73 Å². The summed E-state index contributed by atoms with van der Waals surface area (Å²) >= 11 is 0. The minimum Gasteiger partial charge on any atom is -0.455 e. The molecule has 1 amide bonds. The van der Waals surface area contributed by atoms with Gasteiger partial charge in [-0.2, -0.15) is 0 Å². The maximum atomic E-state index is 13.5. The van der Waals surface area contributed by atoms with Crippen molar-refractivity contribution in [3.63, 3.8) is 0 Å². The SMILES string of the molecule is Cc1ccc(NC(=O)c2ccc(CN(Cc3cccc(F)c3)C(C)C)o2)cc1. The van der Waals surface area contributed by atoms with E-state index in [9.17, 15) is 9.18 Å². The van der Waals surface area contributed by atoms with Crippen LogP contribution in [0.4, 0.5) is 10.1 Å². The van der Waals surface area contributed by atoms with Crippen molar-refractivity contribution in [3.05, 3.63) is 89.1 Å². The van der Waals surface area contributed by atoms with Crippen LogP contribution in [0, 0.1) is 12.7 Å². The number of furan rings is 1. The summed E-state index contributed by atoms with van der Waals surface area (Å²) in [6, 6.07) is 17.9. The van der Waals surface area contributed by atoms with E-state index in [1.807, 2.05) is 43.3 Å². The van der Waals surface area contributed by atoms with Crippen molar-refractivity contribution in [1.29, 1.82) is 0 Å². The minimum absolute atomic E-state index is 0.234. The molecule has 0 spiro atoms. The van der Waals surface area contributed by atoms with Crippen LogP contribution < -0.4 is 5.32 Å². The summed E-state index contributed by atoms with van der Waals surface area (Å²) < 4.78 is 19.2. The van der Waals surface area contributed by atoms with E-state index in [4.69, 9.17) is 4.42 Å². The Hall–Kier alpha value is -2.92. The van der Waals surface area contributed by atoms with E-state index in [0.29, 0.717) is 18.8 Å². The Morgan fingerprint density at radius 3 is 2.50 bits per heavy atom. The first-order valence-corrected chi connectivity index (χ1v) is 9.36. The van der Waals surface area contributed by atoms with Crippen LogP contribution in [-0.2, 0) is 13.1 Å². The molecular formula is C23H25FN2O2. The Labute approximate surface area is 165 Å². The largest absolute Gasteiger partial charge is 0.455 e. The summed E-state index contributed by atoms with van der Waals surface area (Å²) in [6.45, 7) is 7.28. The van der Waals surface area contributed by atoms with Gasteiger partial charge in [0.05, 0.1) is 6.54 Å². The molecule has 2 aromatic carbocycles. The Kier molecular flexibility index (Phi) is 6.26. The van der Waals surface area contributed by atoms with Gasteiger partial charge in [-0.3, -0.25) is 9.69 Å². The molecule has 0 bridgehead atoms. The first kappa shape index (κ1) is 19.8. The van der Waals surface area contributed by atoms with Crippen LogP contribution in [0.5, 0.6) is 0 Å². The van der Waals surface area contributed by atoms with Crippen LogP contribution in [0.15, 0.2) is 65.1 Å². The maximum Gasteiger partial charge on any atom is 0.291 e. The number of amides is 1. The first-order chi connectivity index (χ1) is 13.4. The van der Waals surface area contributed by atoms with Crippen molar-refractivity contribution in [2.45, 2.75) is 39.9 Å². The van der Waals surface area contributed by atoms with E-state index in [1.165, 1.54) is 12.1 Å². The number of hydrogen-bond donors (Lipinski definition) is 1. The number of nitrogens with one attached hydrogen (secondary N) is 1. The van der Waals surface area contributed by atoms with E-state index in [-0.39, 0.29) is 23.5 Å². The first-order valence-electron chi connectivity index (χ1n) is 9.36. The summed E-state index contributed by atoms with van der Waals surface area (Å²) in [7, 11) is 0. The predicted octanol–water partition coefficient (Wildman–Crippen LogP) is 5.39. The van der Waals surface area contributed by atoms with Gasteiger partial charge in [-0.15, -0.1) is 0 Å². The van der Waals surface area contributed by atoms with Crippen molar-refractivity contribution < 1.29 is 13.6 Å². The van der Waals surface area contributed by atoms with Crippen molar-refractivity contribution in [2.75, 3.05) is 5.32 Å². The predicted molar refractivity (Wildman–Crippen MR) is 109 cm³/mol. The van der Waals surface area contributed by atoms with Gasteiger partial charge in [0.2, 0.25) is 0 Å². The monoisotopic (exact) mass is 380 g/mol. The number of hydrogen-bond acceptors (Lipinski definition) is 3. The Morgan fingerprint density at radius 1 is 1.07 bits per heavy atom. The highest BCUT2D eigenvalue weighted by Crippen LogP contribution is 2.17. The number of carbonyl (C=O) groups excluding carboxylic acids is 1. The standard InChI is InChI=1S/C23H25FN2O2/c1-16(2)26(14-18-5-4-6-19(24)13-18)15-21-11-12-22(28-21)23(27)25-20-9-7-17(3)8-10-20/h4-13,16H,14-15H2,1-3H3,(H,25,27). The molecule has 0 saturated carbocycles. The number of anilines is 1. The van der Waals surface area contributed by atoms with Crippen molar-refractivity contribution >= 4 is 11.6 Å². The molecular weight excluding hydrogens is 355 g/mol. The molecule has 0 saturated heterocycles. The highest BCUT2D eigenvalue weighted by molar-refractivity contribution is 6.02. The topological polar surface area (TPSA) is 45.5 Å². The van der Waals surface area contributed by atoms with Crippen LogP contribution in [0.25, 0.3) is 0 Å². The lowest BCUT2D eigenvalue weighted by Crippen LogP contribution is -2.29. The molecule has 0 aliphatic carbocycles. The molecule has 4 nitrogen and oxygen atoms in total. The third-order valence-corrected chi connectivity index (χ3v) is 4.56. The number of carbonyl (C=O) groups is 1. The minimum atomic E-state index is -0.281. The molecule has 0 aliphatic heterocycles. The number of aryl methyl sites for hydroxylation is 1. The second kappa shape index (κ2) is 8.85. The molecule has 0 unspecified atom stereocenters. The number of benzene rings is 2. The quantitative estimate of drug-likeness (QED) is 0.598. The third kappa shape index (κ3) is 5.30. The fraction of sp³-hybridized carbons (Fsp3) is 0.261. The Balaban J connectivity index is 1.65. The van der Waals surface area contributed by atoms with E-state index >= 15 is 0 Å². The summed E-state index contributed by atoms with van der Waals surface area (Å²) in [6.07, 6.45) is 0. The maximum absolute atomic E-state index is 13.5. The molecule has 1 aromatic heterocycles. The van der Waals surface area contributed by atoms with Gasteiger partial charge in [-0.05, 0) is 62.7 Å². The Morgan fingerprint density at radius 2 is 1.82 bits per heavy atom. The van der Waals surface area contributed by atoms with Gasteiger partial charge in [-0.25, -0.2) is 4.39 Å². The molecule has 1 heterocycles. The molecule has 0 fully saturated rings. The average Bonchev–Trinajstić information content (AvgIpc) is 3.12. The fourth-order valence-corrected chi connectivity index (χ4v) is 2.91. The van der Waals surface area contributed by atoms with Crippen molar-refractivity contribution in [3.8, 4) is 0 Å². The van der Waals surface area contributed by atoms with Gasteiger partial charge in [0.25, 0.3) is 5.91 Å². The molecule has 146 valence electrons. The number of nitrogens with zero attached hydrogens (tertiary/aromatic N) is 1. The van der Waals surface area contributed by atoms with Gasteiger partial charge in [0, 0.05) is 18.3 Å². The molecule has 5 heteroatoms. The average molecular weight is 380 g/mol. The fourth-order valence-electron chi connectivity index (χ4n) is 2.91. The molecule has 1 N–H and O–H groups in total. The summed E-state index contributed by atoms with van der Waals surface area (Å²) in [5.74, 6) is 0.440. The number of halogens is 1.